The molecule has 106 valence electrons. The Kier molecular flexibility index (Phi) is 7.07. The van der Waals surface area contributed by atoms with Crippen LogP contribution in [0.2, 0.25) is 0 Å². The van der Waals surface area contributed by atoms with Crippen LogP contribution in [0.4, 0.5) is 0 Å². The van der Waals surface area contributed by atoms with E-state index in [0.29, 0.717) is 42.8 Å². The summed E-state index contributed by atoms with van der Waals surface area (Å²) in [5, 5.41) is 0. The molecule has 0 saturated carbocycles. The SMILES string of the molecule is COC(=O)c1ccc(OCCOCCCl)c(OC)c1. The fourth-order valence-corrected chi connectivity index (χ4v) is 1.51. The third kappa shape index (κ3) is 4.96. The first-order valence-electron chi connectivity index (χ1n) is 5.75. The topological polar surface area (TPSA) is 54.0 Å². The van der Waals surface area contributed by atoms with E-state index in [-0.39, 0.29) is 0 Å². The van der Waals surface area contributed by atoms with E-state index in [1.807, 2.05) is 0 Å². The number of ether oxygens (including phenoxy) is 4. The number of halogens is 1. The molecular formula is C13H17ClO5. The van der Waals surface area contributed by atoms with E-state index in [4.69, 9.17) is 25.8 Å². The van der Waals surface area contributed by atoms with Gasteiger partial charge in [0.05, 0.1) is 33.0 Å². The van der Waals surface area contributed by atoms with Gasteiger partial charge in [0.15, 0.2) is 11.5 Å². The quantitative estimate of drug-likeness (QED) is 0.417. The fourth-order valence-electron chi connectivity index (χ4n) is 1.40. The molecule has 0 N–H and O–H groups in total. The standard InChI is InChI=1S/C13H17ClO5/c1-16-12-9-10(13(15)17-2)3-4-11(12)19-8-7-18-6-5-14/h3-4,9H,5-8H2,1-2H3. The van der Waals surface area contributed by atoms with Gasteiger partial charge in [-0.25, -0.2) is 4.79 Å². The molecule has 1 aromatic carbocycles. The molecule has 0 aliphatic rings. The zero-order chi connectivity index (χ0) is 14.1. The highest BCUT2D eigenvalue weighted by molar-refractivity contribution is 6.17. The second-order valence-corrected chi connectivity index (χ2v) is 3.89. The van der Waals surface area contributed by atoms with E-state index in [9.17, 15) is 4.79 Å². The van der Waals surface area contributed by atoms with Gasteiger partial charge in [0.2, 0.25) is 0 Å². The Morgan fingerprint density at radius 3 is 2.58 bits per heavy atom. The molecule has 1 rings (SSSR count). The summed E-state index contributed by atoms with van der Waals surface area (Å²) in [7, 11) is 2.83. The van der Waals surface area contributed by atoms with Crippen molar-refractivity contribution < 1.29 is 23.7 Å². The maximum atomic E-state index is 11.4. The molecule has 0 radical (unpaired) electrons. The molecule has 0 amide bonds. The molecule has 0 bridgehead atoms. The summed E-state index contributed by atoms with van der Waals surface area (Å²) in [6, 6.07) is 4.84. The Morgan fingerprint density at radius 1 is 1.16 bits per heavy atom. The van der Waals surface area contributed by atoms with Gasteiger partial charge in [0, 0.05) is 5.88 Å². The van der Waals surface area contributed by atoms with Crippen molar-refractivity contribution in [3.8, 4) is 11.5 Å². The Bertz CT molecular complexity index is 408. The van der Waals surface area contributed by atoms with Crippen LogP contribution in [0, 0.1) is 0 Å². The first kappa shape index (κ1) is 15.6. The molecule has 0 aromatic heterocycles. The van der Waals surface area contributed by atoms with Crippen LogP contribution < -0.4 is 9.47 Å². The first-order chi connectivity index (χ1) is 9.22. The molecule has 0 atom stereocenters. The van der Waals surface area contributed by atoms with Crippen LogP contribution >= 0.6 is 11.6 Å². The van der Waals surface area contributed by atoms with Crippen molar-refractivity contribution in [2.24, 2.45) is 0 Å². The average molecular weight is 289 g/mol. The lowest BCUT2D eigenvalue weighted by Crippen LogP contribution is -2.09. The molecule has 19 heavy (non-hydrogen) atoms. The summed E-state index contributed by atoms with van der Waals surface area (Å²) in [5.41, 5.74) is 0.407. The minimum absolute atomic E-state index is 0.380. The van der Waals surface area contributed by atoms with E-state index in [1.54, 1.807) is 18.2 Å². The largest absolute Gasteiger partial charge is 0.493 e. The van der Waals surface area contributed by atoms with E-state index < -0.39 is 5.97 Å². The lowest BCUT2D eigenvalue weighted by atomic mass is 10.2. The molecule has 0 spiro atoms. The summed E-state index contributed by atoms with van der Waals surface area (Å²) in [6.45, 7) is 1.31. The maximum Gasteiger partial charge on any atom is 0.337 e. The zero-order valence-corrected chi connectivity index (χ0v) is 11.7. The number of alkyl halides is 1. The Morgan fingerprint density at radius 2 is 1.95 bits per heavy atom. The van der Waals surface area contributed by atoms with Crippen molar-refractivity contribution in [1.82, 2.24) is 0 Å². The Hall–Kier alpha value is -1.46. The zero-order valence-electron chi connectivity index (χ0n) is 11.0. The fraction of sp³-hybridized carbons (Fsp3) is 0.462. The van der Waals surface area contributed by atoms with Crippen molar-refractivity contribution in [2.75, 3.05) is 39.9 Å². The third-order valence-electron chi connectivity index (χ3n) is 2.29. The lowest BCUT2D eigenvalue weighted by Gasteiger charge is -2.11. The Labute approximate surface area is 117 Å². The molecule has 0 saturated heterocycles. The predicted molar refractivity (Wildman–Crippen MR) is 71.4 cm³/mol. The number of esters is 1. The smallest absolute Gasteiger partial charge is 0.337 e. The van der Waals surface area contributed by atoms with Gasteiger partial charge >= 0.3 is 5.97 Å². The molecule has 0 aliphatic heterocycles. The van der Waals surface area contributed by atoms with E-state index in [0.717, 1.165) is 0 Å². The van der Waals surface area contributed by atoms with Gasteiger partial charge in [-0.3, -0.25) is 0 Å². The maximum absolute atomic E-state index is 11.4. The summed E-state index contributed by atoms with van der Waals surface area (Å²) in [4.78, 5) is 11.4. The van der Waals surface area contributed by atoms with Crippen LogP contribution in [0.5, 0.6) is 11.5 Å². The van der Waals surface area contributed by atoms with E-state index in [2.05, 4.69) is 4.74 Å². The number of carbonyl (C=O) groups is 1. The van der Waals surface area contributed by atoms with Gasteiger partial charge < -0.3 is 18.9 Å². The van der Waals surface area contributed by atoms with Gasteiger partial charge in [-0.2, -0.15) is 0 Å². The number of benzene rings is 1. The van der Waals surface area contributed by atoms with Crippen molar-refractivity contribution >= 4 is 17.6 Å². The lowest BCUT2D eigenvalue weighted by molar-refractivity contribution is 0.0600. The number of hydrogen-bond donors (Lipinski definition) is 0. The van der Waals surface area contributed by atoms with Crippen LogP contribution in [0.25, 0.3) is 0 Å². The third-order valence-corrected chi connectivity index (χ3v) is 2.45. The number of carbonyl (C=O) groups excluding carboxylic acids is 1. The summed E-state index contributed by atoms with van der Waals surface area (Å²) in [5.74, 6) is 1.05. The van der Waals surface area contributed by atoms with Gasteiger partial charge in [-0.1, -0.05) is 0 Å². The second-order valence-electron chi connectivity index (χ2n) is 3.51. The number of rotatable bonds is 8. The van der Waals surface area contributed by atoms with Gasteiger partial charge in [-0.05, 0) is 18.2 Å². The molecule has 0 aliphatic carbocycles. The summed E-state index contributed by atoms with van der Waals surface area (Å²) < 4.78 is 20.5. The van der Waals surface area contributed by atoms with Crippen LogP contribution in [-0.4, -0.2) is 45.9 Å². The molecule has 1 aromatic rings. The number of methoxy groups -OCH3 is 2. The van der Waals surface area contributed by atoms with Crippen molar-refractivity contribution in [3.05, 3.63) is 23.8 Å². The van der Waals surface area contributed by atoms with Crippen molar-refractivity contribution in [3.63, 3.8) is 0 Å². The molecule has 6 heteroatoms. The van der Waals surface area contributed by atoms with Crippen LogP contribution in [-0.2, 0) is 9.47 Å². The minimum atomic E-state index is -0.421. The predicted octanol–water partition coefficient (Wildman–Crippen LogP) is 2.12. The van der Waals surface area contributed by atoms with Gasteiger partial charge in [0.25, 0.3) is 0 Å². The Balaban J connectivity index is 2.60. The molecule has 0 fully saturated rings. The molecule has 0 heterocycles. The second kappa shape index (κ2) is 8.61. The minimum Gasteiger partial charge on any atom is -0.493 e. The number of hydrogen-bond acceptors (Lipinski definition) is 5. The van der Waals surface area contributed by atoms with Crippen LogP contribution in [0.15, 0.2) is 18.2 Å². The van der Waals surface area contributed by atoms with Gasteiger partial charge in [0.1, 0.15) is 6.61 Å². The summed E-state index contributed by atoms with van der Waals surface area (Å²) in [6.07, 6.45) is 0. The average Bonchev–Trinajstić information content (AvgIpc) is 2.46. The van der Waals surface area contributed by atoms with E-state index >= 15 is 0 Å². The monoisotopic (exact) mass is 288 g/mol. The van der Waals surface area contributed by atoms with Crippen molar-refractivity contribution in [1.29, 1.82) is 0 Å². The van der Waals surface area contributed by atoms with Crippen molar-refractivity contribution in [2.45, 2.75) is 0 Å². The molecule has 5 nitrogen and oxygen atoms in total. The van der Waals surface area contributed by atoms with Crippen LogP contribution in [0.3, 0.4) is 0 Å². The highest BCUT2D eigenvalue weighted by atomic mass is 35.5. The van der Waals surface area contributed by atoms with Gasteiger partial charge in [-0.15, -0.1) is 11.6 Å². The summed E-state index contributed by atoms with van der Waals surface area (Å²) >= 11 is 5.48. The molecular weight excluding hydrogens is 272 g/mol. The first-order valence-corrected chi connectivity index (χ1v) is 6.29. The highest BCUT2D eigenvalue weighted by Gasteiger charge is 2.11. The van der Waals surface area contributed by atoms with Crippen LogP contribution in [0.1, 0.15) is 10.4 Å². The molecule has 0 unspecified atom stereocenters. The normalized spacial score (nSPS) is 10.1. The van der Waals surface area contributed by atoms with E-state index in [1.165, 1.54) is 14.2 Å². The highest BCUT2D eigenvalue weighted by Crippen LogP contribution is 2.28.